The zero-order chi connectivity index (χ0) is 14.3. The Hall–Kier alpha value is -1.39. The third kappa shape index (κ3) is 4.65. The number of aryl methyl sites for hydroxylation is 2. The lowest BCUT2D eigenvalue weighted by atomic mass is 10.1. The van der Waals surface area contributed by atoms with Gasteiger partial charge in [-0.05, 0) is 38.0 Å². The fourth-order valence-electron chi connectivity index (χ4n) is 1.87. The molecule has 1 aromatic rings. The Morgan fingerprint density at radius 3 is 2.63 bits per heavy atom. The molecular weight excluding hydrogens is 242 g/mol. The largest absolute Gasteiger partial charge is 0.382 e. The lowest BCUT2D eigenvalue weighted by Gasteiger charge is -2.23. The van der Waals surface area contributed by atoms with Gasteiger partial charge in [-0.3, -0.25) is 4.79 Å². The summed E-state index contributed by atoms with van der Waals surface area (Å²) < 4.78 is 10.2. The van der Waals surface area contributed by atoms with E-state index in [-0.39, 0.29) is 12.5 Å². The average Bonchev–Trinajstić information content (AvgIpc) is 2.39. The maximum atomic E-state index is 12.2. The van der Waals surface area contributed by atoms with Crippen molar-refractivity contribution in [3.63, 3.8) is 0 Å². The second-order valence-corrected chi connectivity index (χ2v) is 4.47. The minimum Gasteiger partial charge on any atom is -0.382 e. The molecule has 0 spiro atoms. The number of rotatable bonds is 7. The first-order chi connectivity index (χ1) is 9.10. The number of amides is 1. The van der Waals surface area contributed by atoms with Crippen LogP contribution in [-0.2, 0) is 14.3 Å². The van der Waals surface area contributed by atoms with Crippen molar-refractivity contribution in [2.75, 3.05) is 38.4 Å². The van der Waals surface area contributed by atoms with Gasteiger partial charge in [0.25, 0.3) is 5.91 Å². The molecule has 0 unspecified atom stereocenters. The lowest BCUT2D eigenvalue weighted by molar-refractivity contribution is -0.123. The number of anilines is 1. The van der Waals surface area contributed by atoms with E-state index in [4.69, 9.17) is 9.47 Å². The van der Waals surface area contributed by atoms with Crippen molar-refractivity contribution >= 4 is 11.6 Å². The molecule has 0 radical (unpaired) electrons. The molecule has 1 aromatic carbocycles. The molecule has 0 aliphatic heterocycles. The zero-order valence-corrected chi connectivity index (χ0v) is 12.2. The van der Waals surface area contributed by atoms with Gasteiger partial charge in [0.15, 0.2) is 0 Å². The minimum atomic E-state index is -0.0210. The van der Waals surface area contributed by atoms with Crippen LogP contribution in [0.25, 0.3) is 0 Å². The summed E-state index contributed by atoms with van der Waals surface area (Å²) in [6.07, 6.45) is 0. The highest BCUT2D eigenvalue weighted by atomic mass is 16.5. The van der Waals surface area contributed by atoms with Gasteiger partial charge in [-0.2, -0.15) is 0 Å². The fraction of sp³-hybridized carbons (Fsp3) is 0.533. The molecule has 0 saturated carbocycles. The highest BCUT2D eigenvalue weighted by molar-refractivity contribution is 5.95. The normalized spacial score (nSPS) is 10.5. The molecule has 0 fully saturated rings. The van der Waals surface area contributed by atoms with Gasteiger partial charge >= 0.3 is 0 Å². The van der Waals surface area contributed by atoms with Crippen molar-refractivity contribution in [2.45, 2.75) is 20.8 Å². The summed E-state index contributed by atoms with van der Waals surface area (Å²) in [6.45, 7) is 7.67. The zero-order valence-electron chi connectivity index (χ0n) is 12.2. The summed E-state index contributed by atoms with van der Waals surface area (Å²) in [6, 6.07) is 6.12. The first-order valence-electron chi connectivity index (χ1n) is 6.54. The highest BCUT2D eigenvalue weighted by Gasteiger charge is 2.15. The summed E-state index contributed by atoms with van der Waals surface area (Å²) in [5, 5.41) is 0. The molecule has 4 nitrogen and oxygen atoms in total. The number of likely N-dealkylation sites (N-methyl/N-ethyl adjacent to an activating group) is 1. The molecule has 0 aliphatic carbocycles. The summed E-state index contributed by atoms with van der Waals surface area (Å²) in [5.41, 5.74) is 3.20. The van der Waals surface area contributed by atoms with Gasteiger partial charge in [0.2, 0.25) is 0 Å². The van der Waals surface area contributed by atoms with Gasteiger partial charge in [-0.1, -0.05) is 12.1 Å². The van der Waals surface area contributed by atoms with Gasteiger partial charge in [0.1, 0.15) is 6.61 Å². The van der Waals surface area contributed by atoms with Crippen LogP contribution in [0.5, 0.6) is 0 Å². The van der Waals surface area contributed by atoms with Crippen molar-refractivity contribution in [3.05, 3.63) is 29.3 Å². The first kappa shape index (κ1) is 15.7. The monoisotopic (exact) mass is 265 g/mol. The lowest BCUT2D eigenvalue weighted by Crippen LogP contribution is -2.34. The quantitative estimate of drug-likeness (QED) is 0.710. The maximum absolute atomic E-state index is 12.2. The summed E-state index contributed by atoms with van der Waals surface area (Å²) in [7, 11) is 1.61. The SMILES string of the molecule is CCN(C(=O)COCCOC)c1cc(C)ccc1C. The van der Waals surface area contributed by atoms with Gasteiger partial charge < -0.3 is 14.4 Å². The molecular formula is C15H23NO3. The smallest absolute Gasteiger partial charge is 0.252 e. The van der Waals surface area contributed by atoms with Crippen LogP contribution in [-0.4, -0.2) is 39.4 Å². The van der Waals surface area contributed by atoms with E-state index in [0.717, 1.165) is 16.8 Å². The number of carbonyl (C=O) groups is 1. The topological polar surface area (TPSA) is 38.8 Å². The number of ether oxygens (including phenoxy) is 2. The number of carbonyl (C=O) groups excluding carboxylic acids is 1. The molecule has 0 saturated heterocycles. The first-order valence-corrected chi connectivity index (χ1v) is 6.54. The molecule has 0 heterocycles. The third-order valence-corrected chi connectivity index (χ3v) is 2.93. The molecule has 0 aromatic heterocycles. The number of nitrogens with zero attached hydrogens (tertiary/aromatic N) is 1. The predicted molar refractivity (Wildman–Crippen MR) is 76.6 cm³/mol. The molecule has 1 rings (SSSR count). The molecule has 4 heteroatoms. The van der Waals surface area contributed by atoms with Crippen LogP contribution < -0.4 is 4.90 Å². The third-order valence-electron chi connectivity index (χ3n) is 2.93. The Bertz CT molecular complexity index is 418. The predicted octanol–water partition coefficient (Wildman–Crippen LogP) is 2.32. The van der Waals surface area contributed by atoms with Gasteiger partial charge in [-0.15, -0.1) is 0 Å². The molecule has 0 N–H and O–H groups in total. The Morgan fingerprint density at radius 2 is 2.00 bits per heavy atom. The van der Waals surface area contributed by atoms with E-state index in [1.54, 1.807) is 12.0 Å². The van der Waals surface area contributed by atoms with E-state index >= 15 is 0 Å². The van der Waals surface area contributed by atoms with Crippen molar-refractivity contribution in [2.24, 2.45) is 0 Å². The van der Waals surface area contributed by atoms with Crippen LogP contribution in [0.15, 0.2) is 18.2 Å². The molecule has 0 atom stereocenters. The van der Waals surface area contributed by atoms with Crippen molar-refractivity contribution in [1.29, 1.82) is 0 Å². The summed E-state index contributed by atoms with van der Waals surface area (Å²) >= 11 is 0. The molecule has 19 heavy (non-hydrogen) atoms. The second-order valence-electron chi connectivity index (χ2n) is 4.47. The Kier molecular flexibility index (Phi) is 6.53. The molecule has 0 aliphatic rings. The Labute approximate surface area is 115 Å². The van der Waals surface area contributed by atoms with Crippen molar-refractivity contribution in [3.8, 4) is 0 Å². The van der Waals surface area contributed by atoms with Crippen molar-refractivity contribution in [1.82, 2.24) is 0 Å². The van der Waals surface area contributed by atoms with Crippen LogP contribution >= 0.6 is 0 Å². The minimum absolute atomic E-state index is 0.0210. The van der Waals surface area contributed by atoms with Crippen molar-refractivity contribution < 1.29 is 14.3 Å². The van der Waals surface area contributed by atoms with E-state index in [1.807, 2.05) is 39.0 Å². The van der Waals surface area contributed by atoms with Crippen LogP contribution in [0.2, 0.25) is 0 Å². The van der Waals surface area contributed by atoms with E-state index < -0.39 is 0 Å². The van der Waals surface area contributed by atoms with Crippen LogP contribution in [0.1, 0.15) is 18.1 Å². The molecule has 106 valence electrons. The number of hydrogen-bond acceptors (Lipinski definition) is 3. The van der Waals surface area contributed by atoms with Gasteiger partial charge in [0.05, 0.1) is 13.2 Å². The maximum Gasteiger partial charge on any atom is 0.252 e. The van der Waals surface area contributed by atoms with Gasteiger partial charge in [0, 0.05) is 19.3 Å². The second kappa shape index (κ2) is 7.92. The summed E-state index contributed by atoms with van der Waals surface area (Å²) in [5.74, 6) is -0.0210. The average molecular weight is 265 g/mol. The summed E-state index contributed by atoms with van der Waals surface area (Å²) in [4.78, 5) is 13.9. The van der Waals surface area contributed by atoms with E-state index in [1.165, 1.54) is 0 Å². The Morgan fingerprint density at radius 1 is 1.26 bits per heavy atom. The van der Waals surface area contributed by atoms with Crippen LogP contribution in [0.4, 0.5) is 5.69 Å². The van der Waals surface area contributed by atoms with Crippen LogP contribution in [0, 0.1) is 13.8 Å². The van der Waals surface area contributed by atoms with E-state index in [2.05, 4.69) is 0 Å². The van der Waals surface area contributed by atoms with E-state index in [9.17, 15) is 4.79 Å². The standard InChI is InChI=1S/C15H23NO3/c1-5-16(15(17)11-19-9-8-18-4)14-10-12(2)6-7-13(14)3/h6-7,10H,5,8-9,11H2,1-4H3. The molecule has 1 amide bonds. The van der Waals surface area contributed by atoms with Crippen LogP contribution in [0.3, 0.4) is 0 Å². The highest BCUT2D eigenvalue weighted by Crippen LogP contribution is 2.21. The molecule has 0 bridgehead atoms. The number of hydrogen-bond donors (Lipinski definition) is 0. The number of benzene rings is 1. The Balaban J connectivity index is 2.71. The van der Waals surface area contributed by atoms with Gasteiger partial charge in [-0.25, -0.2) is 0 Å². The number of methoxy groups -OCH3 is 1. The fourth-order valence-corrected chi connectivity index (χ4v) is 1.87. The van der Waals surface area contributed by atoms with E-state index in [0.29, 0.717) is 19.8 Å².